The van der Waals surface area contributed by atoms with Crippen molar-refractivity contribution in [2.24, 2.45) is 0 Å². The largest absolute Gasteiger partial charge is 0.483 e. The van der Waals surface area contributed by atoms with E-state index in [4.69, 9.17) is 9.15 Å². The van der Waals surface area contributed by atoms with Crippen molar-refractivity contribution in [2.45, 2.75) is 20.1 Å². The summed E-state index contributed by atoms with van der Waals surface area (Å²) in [5.41, 5.74) is 0.717. The molecule has 0 fully saturated rings. The predicted molar refractivity (Wildman–Crippen MR) is 69.2 cm³/mol. The maximum absolute atomic E-state index is 10.8. The molecule has 8 heteroatoms. The van der Waals surface area contributed by atoms with Crippen molar-refractivity contribution >= 4 is 5.69 Å². The highest BCUT2D eigenvalue weighted by molar-refractivity contribution is 5.43. The Labute approximate surface area is 114 Å². The van der Waals surface area contributed by atoms with Crippen molar-refractivity contribution in [3.05, 3.63) is 45.7 Å². The normalized spacial score (nSPS) is 10.5. The summed E-state index contributed by atoms with van der Waals surface area (Å²) in [7, 11) is 1.75. The minimum absolute atomic E-state index is 0.0243. The van der Waals surface area contributed by atoms with E-state index < -0.39 is 4.92 Å². The van der Waals surface area contributed by atoms with Gasteiger partial charge < -0.3 is 14.5 Å². The molecule has 1 aromatic heterocycles. The number of nitro benzene ring substituents is 1. The van der Waals surface area contributed by atoms with E-state index in [1.165, 1.54) is 12.1 Å². The summed E-state index contributed by atoms with van der Waals surface area (Å²) < 4.78 is 10.8. The average molecular weight is 278 g/mol. The van der Waals surface area contributed by atoms with Crippen LogP contribution in [0.1, 0.15) is 17.3 Å². The van der Waals surface area contributed by atoms with Gasteiger partial charge >= 0.3 is 0 Å². The van der Waals surface area contributed by atoms with Gasteiger partial charge in [0.15, 0.2) is 6.61 Å². The minimum atomic E-state index is -0.440. The number of rotatable bonds is 6. The Morgan fingerprint density at radius 3 is 2.85 bits per heavy atom. The van der Waals surface area contributed by atoms with Gasteiger partial charge in [-0.15, -0.1) is 10.2 Å². The van der Waals surface area contributed by atoms with Crippen LogP contribution in [0.25, 0.3) is 0 Å². The first-order chi connectivity index (χ1) is 9.60. The number of hydrogen-bond donors (Lipinski definition) is 1. The third-order valence-electron chi connectivity index (χ3n) is 2.54. The van der Waals surface area contributed by atoms with Crippen LogP contribution in [0.2, 0.25) is 0 Å². The summed E-state index contributed by atoms with van der Waals surface area (Å²) >= 11 is 0. The molecule has 0 bridgehead atoms. The van der Waals surface area contributed by atoms with E-state index in [9.17, 15) is 10.1 Å². The molecule has 0 saturated heterocycles. The van der Waals surface area contributed by atoms with Gasteiger partial charge in [-0.2, -0.15) is 0 Å². The van der Waals surface area contributed by atoms with E-state index in [0.717, 1.165) is 0 Å². The van der Waals surface area contributed by atoms with Gasteiger partial charge in [-0.1, -0.05) is 0 Å². The van der Waals surface area contributed by atoms with E-state index in [2.05, 4.69) is 15.5 Å². The fourth-order valence-electron chi connectivity index (χ4n) is 1.68. The molecule has 1 heterocycles. The van der Waals surface area contributed by atoms with Gasteiger partial charge in [0.05, 0.1) is 4.92 Å². The second-order valence-electron chi connectivity index (χ2n) is 4.08. The molecule has 0 atom stereocenters. The number of nitrogens with zero attached hydrogens (tertiary/aromatic N) is 3. The zero-order valence-electron chi connectivity index (χ0n) is 11.1. The molecule has 0 aliphatic rings. The van der Waals surface area contributed by atoms with Gasteiger partial charge in [0.2, 0.25) is 5.89 Å². The number of aromatic nitrogens is 2. The molecule has 0 aliphatic heterocycles. The van der Waals surface area contributed by atoms with E-state index >= 15 is 0 Å². The maximum atomic E-state index is 10.8. The summed E-state index contributed by atoms with van der Waals surface area (Å²) in [4.78, 5) is 10.3. The Balaban J connectivity index is 2.15. The van der Waals surface area contributed by atoms with Crippen LogP contribution in [0, 0.1) is 17.0 Å². The molecule has 1 N–H and O–H groups in total. The molecule has 8 nitrogen and oxygen atoms in total. The molecular formula is C12H14N4O4. The Bertz CT molecular complexity index is 611. The molecule has 1 aromatic carbocycles. The molecule has 2 aromatic rings. The fourth-order valence-corrected chi connectivity index (χ4v) is 1.68. The molecule has 20 heavy (non-hydrogen) atoms. The molecule has 0 aliphatic carbocycles. The second kappa shape index (κ2) is 6.11. The van der Waals surface area contributed by atoms with Gasteiger partial charge in [-0.3, -0.25) is 10.1 Å². The number of non-ortho nitro benzene ring substituents is 1. The van der Waals surface area contributed by atoms with Crippen molar-refractivity contribution in [3.63, 3.8) is 0 Å². The Hall–Kier alpha value is -2.48. The third kappa shape index (κ3) is 3.29. The minimum Gasteiger partial charge on any atom is -0.483 e. The predicted octanol–water partition coefficient (Wildman–Crippen LogP) is 1.58. The van der Waals surface area contributed by atoms with Crippen LogP contribution in [0.3, 0.4) is 0 Å². The zero-order chi connectivity index (χ0) is 14.5. The van der Waals surface area contributed by atoms with Crippen molar-refractivity contribution in [2.75, 3.05) is 7.05 Å². The molecular weight excluding hydrogens is 264 g/mol. The Kier molecular flexibility index (Phi) is 4.26. The standard InChI is InChI=1S/C12H14N4O4/c1-8-14-15-12(20-8)7-19-11-4-3-10(16(17)18)5-9(11)6-13-2/h3-5,13H,6-7H2,1-2H3. The lowest BCUT2D eigenvalue weighted by Gasteiger charge is -2.09. The van der Waals surface area contributed by atoms with E-state index in [1.807, 2.05) is 0 Å². The SMILES string of the molecule is CNCc1cc([N+](=O)[O-])ccc1OCc1nnc(C)o1. The highest BCUT2D eigenvalue weighted by atomic mass is 16.6. The topological polar surface area (TPSA) is 103 Å². The van der Waals surface area contributed by atoms with Crippen molar-refractivity contribution in [1.82, 2.24) is 15.5 Å². The molecule has 106 valence electrons. The Morgan fingerprint density at radius 1 is 1.45 bits per heavy atom. The molecule has 2 rings (SSSR count). The highest BCUT2D eigenvalue weighted by Gasteiger charge is 2.12. The smallest absolute Gasteiger partial charge is 0.270 e. The first kappa shape index (κ1) is 13.9. The van der Waals surface area contributed by atoms with Crippen molar-refractivity contribution in [3.8, 4) is 5.75 Å². The molecule has 0 radical (unpaired) electrons. The van der Waals surface area contributed by atoms with Crippen LogP contribution in [0.5, 0.6) is 5.75 Å². The molecule has 0 unspecified atom stereocenters. The summed E-state index contributed by atoms with van der Waals surface area (Å²) in [6.45, 7) is 2.27. The Morgan fingerprint density at radius 2 is 2.25 bits per heavy atom. The van der Waals surface area contributed by atoms with Crippen LogP contribution in [-0.2, 0) is 13.2 Å². The fraction of sp³-hybridized carbons (Fsp3) is 0.333. The van der Waals surface area contributed by atoms with Gasteiger partial charge in [0.1, 0.15) is 5.75 Å². The van der Waals surface area contributed by atoms with Gasteiger partial charge in [0, 0.05) is 31.2 Å². The van der Waals surface area contributed by atoms with Crippen LogP contribution in [-0.4, -0.2) is 22.2 Å². The highest BCUT2D eigenvalue weighted by Crippen LogP contribution is 2.24. The lowest BCUT2D eigenvalue weighted by Crippen LogP contribution is -2.08. The van der Waals surface area contributed by atoms with E-state index in [1.54, 1.807) is 20.0 Å². The van der Waals surface area contributed by atoms with Gasteiger partial charge in [-0.25, -0.2) is 0 Å². The number of benzene rings is 1. The van der Waals surface area contributed by atoms with E-state index in [-0.39, 0.29) is 12.3 Å². The number of nitrogens with one attached hydrogen (secondary N) is 1. The van der Waals surface area contributed by atoms with Gasteiger partial charge in [0.25, 0.3) is 11.6 Å². The molecule has 0 amide bonds. The average Bonchev–Trinajstić information content (AvgIpc) is 2.83. The van der Waals surface area contributed by atoms with Crippen LogP contribution < -0.4 is 10.1 Å². The number of aryl methyl sites for hydroxylation is 1. The lowest BCUT2D eigenvalue weighted by atomic mass is 10.2. The maximum Gasteiger partial charge on any atom is 0.270 e. The zero-order valence-corrected chi connectivity index (χ0v) is 11.1. The second-order valence-corrected chi connectivity index (χ2v) is 4.08. The molecule has 0 spiro atoms. The third-order valence-corrected chi connectivity index (χ3v) is 2.54. The monoisotopic (exact) mass is 278 g/mol. The van der Waals surface area contributed by atoms with Crippen LogP contribution in [0.4, 0.5) is 5.69 Å². The number of hydrogen-bond acceptors (Lipinski definition) is 7. The first-order valence-corrected chi connectivity index (χ1v) is 5.94. The van der Waals surface area contributed by atoms with E-state index in [0.29, 0.717) is 29.6 Å². The number of ether oxygens (including phenoxy) is 1. The summed E-state index contributed by atoms with van der Waals surface area (Å²) in [6.07, 6.45) is 0. The summed E-state index contributed by atoms with van der Waals surface area (Å²) in [5.74, 6) is 1.36. The quantitative estimate of drug-likeness (QED) is 0.632. The van der Waals surface area contributed by atoms with Crippen LogP contribution >= 0.6 is 0 Å². The number of nitro groups is 1. The first-order valence-electron chi connectivity index (χ1n) is 5.94. The lowest BCUT2D eigenvalue weighted by molar-refractivity contribution is -0.384. The van der Waals surface area contributed by atoms with Crippen LogP contribution in [0.15, 0.2) is 22.6 Å². The van der Waals surface area contributed by atoms with Crippen molar-refractivity contribution < 1.29 is 14.1 Å². The summed E-state index contributed by atoms with van der Waals surface area (Å²) in [5, 5.41) is 21.2. The molecule has 0 saturated carbocycles. The van der Waals surface area contributed by atoms with Crippen molar-refractivity contribution in [1.29, 1.82) is 0 Å². The van der Waals surface area contributed by atoms with Gasteiger partial charge in [-0.05, 0) is 13.1 Å². The summed E-state index contributed by atoms with van der Waals surface area (Å²) in [6, 6.07) is 4.44.